The minimum Gasteiger partial charge on any atom is -0.325 e. The summed E-state index contributed by atoms with van der Waals surface area (Å²) in [7, 11) is 0. The molecule has 0 unspecified atom stereocenters. The number of thioether (sulfide) groups is 1. The molecule has 7 heteroatoms. The molecule has 0 radical (unpaired) electrons. The van der Waals surface area contributed by atoms with Crippen LogP contribution in [0, 0.1) is 12.7 Å². The highest BCUT2D eigenvalue weighted by molar-refractivity contribution is 7.99. The average Bonchev–Trinajstić information content (AvgIpc) is 2.62. The Morgan fingerprint density at radius 1 is 1.12 bits per heavy atom. The predicted molar refractivity (Wildman–Crippen MR) is 103 cm³/mol. The summed E-state index contributed by atoms with van der Waals surface area (Å²) in [5, 5.41) is 3.89. The Kier molecular flexibility index (Phi) is 5.85. The van der Waals surface area contributed by atoms with Crippen LogP contribution in [-0.4, -0.2) is 21.6 Å². The molecule has 1 N–H and O–H groups in total. The van der Waals surface area contributed by atoms with E-state index in [0.717, 1.165) is 17.0 Å². The van der Waals surface area contributed by atoms with Crippen molar-refractivity contribution < 1.29 is 9.18 Å². The summed E-state index contributed by atoms with van der Waals surface area (Å²) in [4.78, 5) is 20.9. The van der Waals surface area contributed by atoms with Crippen molar-refractivity contribution in [2.45, 2.75) is 12.1 Å². The Labute approximate surface area is 159 Å². The minimum atomic E-state index is -0.347. The van der Waals surface area contributed by atoms with E-state index in [4.69, 9.17) is 11.6 Å². The van der Waals surface area contributed by atoms with E-state index in [2.05, 4.69) is 15.3 Å². The second kappa shape index (κ2) is 8.29. The average molecular weight is 388 g/mol. The first-order chi connectivity index (χ1) is 12.5. The fourth-order valence-electron chi connectivity index (χ4n) is 2.23. The van der Waals surface area contributed by atoms with Gasteiger partial charge in [0.1, 0.15) is 5.82 Å². The molecule has 0 atom stereocenters. The number of nitrogens with zero attached hydrogens (tertiary/aromatic N) is 2. The third-order valence-corrected chi connectivity index (χ3v) is 4.53. The largest absolute Gasteiger partial charge is 0.325 e. The molecule has 0 saturated heterocycles. The van der Waals surface area contributed by atoms with E-state index in [1.54, 1.807) is 12.1 Å². The van der Waals surface area contributed by atoms with Gasteiger partial charge in [-0.2, -0.15) is 0 Å². The van der Waals surface area contributed by atoms with Crippen LogP contribution in [0.3, 0.4) is 0 Å². The first-order valence-electron chi connectivity index (χ1n) is 7.79. The van der Waals surface area contributed by atoms with Gasteiger partial charge in [0, 0.05) is 22.0 Å². The molecule has 3 rings (SSSR count). The number of halogens is 2. The van der Waals surface area contributed by atoms with Crippen molar-refractivity contribution in [2.75, 3.05) is 11.1 Å². The molecule has 26 heavy (non-hydrogen) atoms. The zero-order valence-corrected chi connectivity index (χ0v) is 15.4. The molecule has 132 valence electrons. The van der Waals surface area contributed by atoms with Gasteiger partial charge < -0.3 is 5.32 Å². The topological polar surface area (TPSA) is 54.9 Å². The fourth-order valence-corrected chi connectivity index (χ4v) is 3.06. The van der Waals surface area contributed by atoms with E-state index < -0.39 is 0 Å². The maximum Gasteiger partial charge on any atom is 0.234 e. The number of aryl methyl sites for hydroxylation is 1. The summed E-state index contributed by atoms with van der Waals surface area (Å²) in [6.45, 7) is 1.88. The van der Waals surface area contributed by atoms with Crippen LogP contribution in [0.4, 0.5) is 10.1 Å². The van der Waals surface area contributed by atoms with Crippen LogP contribution in [0.15, 0.2) is 59.8 Å². The number of hydrogen-bond acceptors (Lipinski definition) is 4. The van der Waals surface area contributed by atoms with Crippen LogP contribution in [0.2, 0.25) is 5.02 Å². The standard InChI is InChI=1S/C19H15ClFN3OS/c1-12-10-17(13-2-4-14(20)5-3-13)24-19(22-12)26-11-18(25)23-16-8-6-15(21)7-9-16/h2-10H,11H2,1H3,(H,23,25). The quantitative estimate of drug-likeness (QED) is 0.495. The van der Waals surface area contributed by atoms with Crippen molar-refractivity contribution in [3.63, 3.8) is 0 Å². The Morgan fingerprint density at radius 3 is 2.50 bits per heavy atom. The summed E-state index contributed by atoms with van der Waals surface area (Å²) in [6, 6.07) is 14.9. The summed E-state index contributed by atoms with van der Waals surface area (Å²) in [5.74, 6) is -0.402. The maximum atomic E-state index is 12.9. The van der Waals surface area contributed by atoms with Crippen LogP contribution in [-0.2, 0) is 4.79 Å². The number of carbonyl (C=O) groups excluding carboxylic acids is 1. The molecule has 0 saturated carbocycles. The molecule has 0 aliphatic rings. The summed E-state index contributed by atoms with van der Waals surface area (Å²) >= 11 is 7.16. The van der Waals surface area contributed by atoms with Gasteiger partial charge in [-0.25, -0.2) is 14.4 Å². The molecule has 1 amide bonds. The molecule has 0 bridgehead atoms. The maximum absolute atomic E-state index is 12.9. The zero-order chi connectivity index (χ0) is 18.5. The Bertz CT molecular complexity index is 917. The van der Waals surface area contributed by atoms with E-state index in [0.29, 0.717) is 15.9 Å². The second-order valence-corrected chi connectivity index (χ2v) is 6.91. The molecular weight excluding hydrogens is 373 g/mol. The lowest BCUT2D eigenvalue weighted by Gasteiger charge is -2.07. The molecule has 4 nitrogen and oxygen atoms in total. The van der Waals surface area contributed by atoms with Gasteiger partial charge in [-0.1, -0.05) is 35.5 Å². The minimum absolute atomic E-state index is 0.154. The van der Waals surface area contributed by atoms with Crippen LogP contribution in [0.25, 0.3) is 11.3 Å². The predicted octanol–water partition coefficient (Wildman–Crippen LogP) is 4.98. The van der Waals surface area contributed by atoms with E-state index >= 15 is 0 Å². The van der Waals surface area contributed by atoms with Gasteiger partial charge in [-0.15, -0.1) is 0 Å². The van der Waals surface area contributed by atoms with Crippen LogP contribution in [0.1, 0.15) is 5.69 Å². The highest BCUT2D eigenvalue weighted by Gasteiger charge is 2.09. The monoisotopic (exact) mass is 387 g/mol. The lowest BCUT2D eigenvalue weighted by Crippen LogP contribution is -2.14. The number of amides is 1. The number of nitrogens with one attached hydrogen (secondary N) is 1. The Balaban J connectivity index is 1.66. The van der Waals surface area contributed by atoms with E-state index in [1.807, 2.05) is 25.1 Å². The van der Waals surface area contributed by atoms with Crippen molar-refractivity contribution >= 4 is 35.0 Å². The first-order valence-corrected chi connectivity index (χ1v) is 9.16. The second-order valence-electron chi connectivity index (χ2n) is 5.53. The Hall–Kier alpha value is -2.44. The number of aromatic nitrogens is 2. The molecule has 3 aromatic rings. The molecule has 1 aromatic heterocycles. The molecule has 2 aromatic carbocycles. The first kappa shape index (κ1) is 18.4. The molecule has 0 aliphatic carbocycles. The molecular formula is C19H15ClFN3OS. The highest BCUT2D eigenvalue weighted by atomic mass is 35.5. The Morgan fingerprint density at radius 2 is 1.81 bits per heavy atom. The van der Waals surface area contributed by atoms with Crippen molar-refractivity contribution in [3.8, 4) is 11.3 Å². The van der Waals surface area contributed by atoms with Crippen LogP contribution in [0.5, 0.6) is 0 Å². The number of hydrogen-bond donors (Lipinski definition) is 1. The number of rotatable bonds is 5. The van der Waals surface area contributed by atoms with Crippen LogP contribution < -0.4 is 5.32 Å². The number of carbonyl (C=O) groups is 1. The third kappa shape index (κ3) is 5.03. The SMILES string of the molecule is Cc1cc(-c2ccc(Cl)cc2)nc(SCC(=O)Nc2ccc(F)cc2)n1. The molecule has 0 spiro atoms. The van der Waals surface area contributed by atoms with E-state index in [-0.39, 0.29) is 17.5 Å². The van der Waals surface area contributed by atoms with Gasteiger partial charge in [0.2, 0.25) is 5.91 Å². The van der Waals surface area contributed by atoms with Gasteiger partial charge >= 0.3 is 0 Å². The number of benzene rings is 2. The molecule has 0 aliphatic heterocycles. The normalized spacial score (nSPS) is 10.6. The van der Waals surface area contributed by atoms with Crippen LogP contribution >= 0.6 is 23.4 Å². The zero-order valence-electron chi connectivity index (χ0n) is 13.9. The fraction of sp³-hybridized carbons (Fsp3) is 0.105. The number of anilines is 1. The van der Waals surface area contributed by atoms with Gasteiger partial charge in [-0.05, 0) is 49.4 Å². The smallest absolute Gasteiger partial charge is 0.234 e. The van der Waals surface area contributed by atoms with Crippen molar-refractivity contribution in [2.24, 2.45) is 0 Å². The van der Waals surface area contributed by atoms with Gasteiger partial charge in [-0.3, -0.25) is 4.79 Å². The summed E-state index contributed by atoms with van der Waals surface area (Å²) in [5.41, 5.74) is 3.06. The highest BCUT2D eigenvalue weighted by Crippen LogP contribution is 2.23. The third-order valence-electron chi connectivity index (χ3n) is 3.43. The van der Waals surface area contributed by atoms with Crippen molar-refractivity contribution in [1.82, 2.24) is 9.97 Å². The van der Waals surface area contributed by atoms with E-state index in [9.17, 15) is 9.18 Å². The lowest BCUT2D eigenvalue weighted by atomic mass is 10.1. The van der Waals surface area contributed by atoms with E-state index in [1.165, 1.54) is 36.0 Å². The summed E-state index contributed by atoms with van der Waals surface area (Å²) < 4.78 is 12.9. The molecule has 0 fully saturated rings. The van der Waals surface area contributed by atoms with Gasteiger partial charge in [0.25, 0.3) is 0 Å². The van der Waals surface area contributed by atoms with Gasteiger partial charge in [0.05, 0.1) is 11.4 Å². The van der Waals surface area contributed by atoms with Crippen molar-refractivity contribution in [3.05, 3.63) is 71.1 Å². The lowest BCUT2D eigenvalue weighted by molar-refractivity contribution is -0.113. The van der Waals surface area contributed by atoms with Gasteiger partial charge in [0.15, 0.2) is 5.16 Å². The summed E-state index contributed by atoms with van der Waals surface area (Å²) in [6.07, 6.45) is 0. The molecule has 1 heterocycles. The van der Waals surface area contributed by atoms with Crippen molar-refractivity contribution in [1.29, 1.82) is 0 Å².